The summed E-state index contributed by atoms with van der Waals surface area (Å²) in [6.07, 6.45) is 6.43. The standard InChI is InChI=1S/C16H22N4O2/c1-3-13(2)22-15-6-4-14(5-7-15)19-16(21)18-9-11-20-10-8-17-12-20/h4-8,10,12-13H,3,9,11H2,1-2H3,(H2,18,19,21). The van der Waals surface area contributed by atoms with Crippen molar-refractivity contribution < 1.29 is 9.53 Å². The molecule has 1 aromatic heterocycles. The Bertz CT molecular complexity index is 566. The molecule has 0 aliphatic heterocycles. The number of imidazole rings is 1. The molecule has 2 amide bonds. The number of ether oxygens (including phenoxy) is 1. The van der Waals surface area contributed by atoms with Crippen LogP contribution < -0.4 is 15.4 Å². The Morgan fingerprint density at radius 3 is 2.77 bits per heavy atom. The van der Waals surface area contributed by atoms with Crippen LogP contribution in [0.5, 0.6) is 5.75 Å². The number of hydrogen-bond donors (Lipinski definition) is 2. The van der Waals surface area contributed by atoms with Crippen molar-refractivity contribution in [2.75, 3.05) is 11.9 Å². The van der Waals surface area contributed by atoms with Gasteiger partial charge in [0.1, 0.15) is 5.75 Å². The summed E-state index contributed by atoms with van der Waals surface area (Å²) in [6.45, 7) is 5.33. The third kappa shape index (κ3) is 5.12. The molecule has 2 N–H and O–H groups in total. The van der Waals surface area contributed by atoms with E-state index < -0.39 is 0 Å². The van der Waals surface area contributed by atoms with Crippen molar-refractivity contribution in [3.05, 3.63) is 43.0 Å². The van der Waals surface area contributed by atoms with E-state index in [0.717, 1.165) is 17.9 Å². The minimum absolute atomic E-state index is 0.185. The number of benzene rings is 1. The van der Waals surface area contributed by atoms with E-state index >= 15 is 0 Å². The summed E-state index contributed by atoms with van der Waals surface area (Å²) < 4.78 is 7.60. The average molecular weight is 302 g/mol. The lowest BCUT2D eigenvalue weighted by Crippen LogP contribution is -2.31. The van der Waals surface area contributed by atoms with Crippen LogP contribution in [-0.4, -0.2) is 28.2 Å². The summed E-state index contributed by atoms with van der Waals surface area (Å²) in [5.41, 5.74) is 0.733. The van der Waals surface area contributed by atoms with Crippen LogP contribution in [0.4, 0.5) is 10.5 Å². The summed E-state index contributed by atoms with van der Waals surface area (Å²) in [5.74, 6) is 0.806. The quantitative estimate of drug-likeness (QED) is 0.826. The fourth-order valence-electron chi connectivity index (χ4n) is 1.83. The van der Waals surface area contributed by atoms with Gasteiger partial charge in [0, 0.05) is 31.2 Å². The van der Waals surface area contributed by atoms with Gasteiger partial charge < -0.3 is 19.9 Å². The SMILES string of the molecule is CCC(C)Oc1ccc(NC(=O)NCCn2ccnc2)cc1. The molecule has 1 unspecified atom stereocenters. The van der Waals surface area contributed by atoms with Gasteiger partial charge in [-0.15, -0.1) is 0 Å². The molecule has 0 saturated carbocycles. The molecular weight excluding hydrogens is 280 g/mol. The molecule has 1 heterocycles. The third-order valence-corrected chi connectivity index (χ3v) is 3.24. The van der Waals surface area contributed by atoms with Gasteiger partial charge in [0.15, 0.2) is 0 Å². The minimum Gasteiger partial charge on any atom is -0.491 e. The van der Waals surface area contributed by atoms with E-state index in [1.165, 1.54) is 0 Å². The van der Waals surface area contributed by atoms with Crippen molar-refractivity contribution in [3.63, 3.8) is 0 Å². The lowest BCUT2D eigenvalue weighted by Gasteiger charge is -2.13. The van der Waals surface area contributed by atoms with Crippen molar-refractivity contribution >= 4 is 11.7 Å². The molecular formula is C16H22N4O2. The minimum atomic E-state index is -0.226. The summed E-state index contributed by atoms with van der Waals surface area (Å²) in [5, 5.41) is 5.58. The van der Waals surface area contributed by atoms with Crippen molar-refractivity contribution in [1.82, 2.24) is 14.9 Å². The highest BCUT2D eigenvalue weighted by atomic mass is 16.5. The Morgan fingerprint density at radius 1 is 1.36 bits per heavy atom. The van der Waals surface area contributed by atoms with Gasteiger partial charge in [0.25, 0.3) is 0 Å². The van der Waals surface area contributed by atoms with Crippen LogP contribution in [0.3, 0.4) is 0 Å². The second-order valence-electron chi connectivity index (χ2n) is 5.04. The maximum Gasteiger partial charge on any atom is 0.319 e. The molecule has 0 bridgehead atoms. The molecule has 22 heavy (non-hydrogen) atoms. The number of hydrogen-bond acceptors (Lipinski definition) is 3. The average Bonchev–Trinajstić information content (AvgIpc) is 3.02. The van der Waals surface area contributed by atoms with Gasteiger partial charge in [-0.25, -0.2) is 9.78 Å². The second-order valence-corrected chi connectivity index (χ2v) is 5.04. The molecule has 0 fully saturated rings. The largest absolute Gasteiger partial charge is 0.491 e. The monoisotopic (exact) mass is 302 g/mol. The highest BCUT2D eigenvalue weighted by Gasteiger charge is 2.03. The Labute approximate surface area is 130 Å². The smallest absolute Gasteiger partial charge is 0.319 e. The topological polar surface area (TPSA) is 68.2 Å². The van der Waals surface area contributed by atoms with E-state index in [1.54, 1.807) is 12.5 Å². The van der Waals surface area contributed by atoms with Crippen molar-refractivity contribution in [2.45, 2.75) is 32.9 Å². The maximum atomic E-state index is 11.8. The van der Waals surface area contributed by atoms with Gasteiger partial charge in [0.05, 0.1) is 12.4 Å². The number of nitrogens with one attached hydrogen (secondary N) is 2. The van der Waals surface area contributed by atoms with Crippen LogP contribution in [0.15, 0.2) is 43.0 Å². The van der Waals surface area contributed by atoms with Gasteiger partial charge in [0.2, 0.25) is 0 Å². The molecule has 2 aromatic rings. The van der Waals surface area contributed by atoms with Gasteiger partial charge >= 0.3 is 6.03 Å². The fourth-order valence-corrected chi connectivity index (χ4v) is 1.83. The van der Waals surface area contributed by atoms with E-state index in [0.29, 0.717) is 13.1 Å². The highest BCUT2D eigenvalue weighted by molar-refractivity contribution is 5.89. The summed E-state index contributed by atoms with van der Waals surface area (Å²) in [6, 6.07) is 7.14. The predicted molar refractivity (Wildman–Crippen MR) is 86.1 cm³/mol. The number of carbonyl (C=O) groups excluding carboxylic acids is 1. The highest BCUT2D eigenvalue weighted by Crippen LogP contribution is 2.17. The first-order valence-corrected chi connectivity index (χ1v) is 7.44. The molecule has 1 aromatic carbocycles. The Hall–Kier alpha value is -2.50. The normalized spacial score (nSPS) is 11.7. The zero-order valence-corrected chi connectivity index (χ0v) is 13.0. The van der Waals surface area contributed by atoms with Gasteiger partial charge in [-0.2, -0.15) is 0 Å². The van der Waals surface area contributed by atoms with Crippen LogP contribution in [0, 0.1) is 0 Å². The molecule has 2 rings (SSSR count). The predicted octanol–water partition coefficient (Wildman–Crippen LogP) is 2.88. The van der Waals surface area contributed by atoms with Gasteiger partial charge in [-0.3, -0.25) is 0 Å². The molecule has 0 spiro atoms. The summed E-state index contributed by atoms with van der Waals surface area (Å²) >= 11 is 0. The number of rotatable bonds is 7. The first kappa shape index (κ1) is 15.9. The van der Waals surface area contributed by atoms with E-state index in [1.807, 2.05) is 42.0 Å². The van der Waals surface area contributed by atoms with Crippen LogP contribution in [0.25, 0.3) is 0 Å². The molecule has 0 aliphatic rings. The van der Waals surface area contributed by atoms with E-state index in [4.69, 9.17) is 4.74 Å². The number of aromatic nitrogens is 2. The molecule has 0 saturated heterocycles. The summed E-state index contributed by atoms with van der Waals surface area (Å²) in [4.78, 5) is 15.7. The molecule has 6 nitrogen and oxygen atoms in total. The number of carbonyl (C=O) groups is 1. The lowest BCUT2D eigenvalue weighted by molar-refractivity contribution is 0.217. The van der Waals surface area contributed by atoms with Crippen molar-refractivity contribution in [2.24, 2.45) is 0 Å². The van der Waals surface area contributed by atoms with E-state index in [2.05, 4.69) is 22.5 Å². The maximum absolute atomic E-state index is 11.8. The molecule has 0 radical (unpaired) electrons. The Morgan fingerprint density at radius 2 is 2.14 bits per heavy atom. The first-order valence-electron chi connectivity index (χ1n) is 7.44. The number of anilines is 1. The summed E-state index contributed by atoms with van der Waals surface area (Å²) in [7, 11) is 0. The third-order valence-electron chi connectivity index (χ3n) is 3.24. The Kier molecular flexibility index (Phi) is 5.82. The second kappa shape index (κ2) is 8.07. The molecule has 0 aliphatic carbocycles. The number of nitrogens with zero attached hydrogens (tertiary/aromatic N) is 2. The van der Waals surface area contributed by atoms with E-state index in [9.17, 15) is 4.79 Å². The number of urea groups is 1. The zero-order valence-electron chi connectivity index (χ0n) is 13.0. The van der Waals surface area contributed by atoms with Crippen LogP contribution in [-0.2, 0) is 6.54 Å². The van der Waals surface area contributed by atoms with Crippen molar-refractivity contribution in [1.29, 1.82) is 0 Å². The van der Waals surface area contributed by atoms with Gasteiger partial charge in [-0.1, -0.05) is 6.92 Å². The van der Waals surface area contributed by atoms with Crippen LogP contribution >= 0.6 is 0 Å². The Balaban J connectivity index is 1.74. The van der Waals surface area contributed by atoms with Crippen LogP contribution in [0.2, 0.25) is 0 Å². The molecule has 6 heteroatoms. The molecule has 1 atom stereocenters. The zero-order chi connectivity index (χ0) is 15.8. The van der Waals surface area contributed by atoms with E-state index in [-0.39, 0.29) is 12.1 Å². The fraction of sp³-hybridized carbons (Fsp3) is 0.375. The van der Waals surface area contributed by atoms with Gasteiger partial charge in [-0.05, 0) is 37.6 Å². The van der Waals surface area contributed by atoms with Crippen LogP contribution in [0.1, 0.15) is 20.3 Å². The molecule has 118 valence electrons. The lowest BCUT2D eigenvalue weighted by atomic mass is 10.3. The first-order chi connectivity index (χ1) is 10.7. The number of amides is 2. The van der Waals surface area contributed by atoms with Crippen molar-refractivity contribution in [3.8, 4) is 5.75 Å².